The summed E-state index contributed by atoms with van der Waals surface area (Å²) in [6.07, 6.45) is 3.66. The summed E-state index contributed by atoms with van der Waals surface area (Å²) < 4.78 is 4.69. The molecule has 0 aromatic rings. The molecule has 0 fully saturated rings. The minimum absolute atomic E-state index is 0.182. The van der Waals surface area contributed by atoms with Gasteiger partial charge in [-0.15, -0.1) is 0 Å². The molecule has 0 aromatic heterocycles. The highest BCUT2D eigenvalue weighted by molar-refractivity contribution is 5.85. The van der Waals surface area contributed by atoms with Crippen LogP contribution in [-0.4, -0.2) is 12.6 Å². The van der Waals surface area contributed by atoms with Gasteiger partial charge in [0.25, 0.3) is 0 Å². The topological polar surface area (TPSA) is 26.3 Å². The number of carbonyl (C=O) groups excluding carboxylic acids is 1. The predicted molar refractivity (Wildman–Crippen MR) is 45.3 cm³/mol. The van der Waals surface area contributed by atoms with Crippen molar-refractivity contribution in [2.24, 2.45) is 0 Å². The average molecular weight is 156 g/mol. The van der Waals surface area contributed by atoms with Crippen LogP contribution >= 0.6 is 0 Å². The highest BCUT2D eigenvalue weighted by Gasteiger charge is 2.10. The highest BCUT2D eigenvalue weighted by atomic mass is 16.5. The first-order valence-electron chi connectivity index (χ1n) is 4.19. The molecule has 0 unspecified atom stereocenters. The van der Waals surface area contributed by atoms with E-state index in [0.29, 0.717) is 6.61 Å². The number of hydrogen-bond acceptors (Lipinski definition) is 2. The lowest BCUT2D eigenvalue weighted by Gasteiger charge is -1.93. The third-order valence-corrected chi connectivity index (χ3v) is 1.29. The van der Waals surface area contributed by atoms with Crippen LogP contribution in [0.3, 0.4) is 0 Å². The fourth-order valence-corrected chi connectivity index (χ4v) is 0.879. The van der Waals surface area contributed by atoms with Crippen LogP contribution in [0.4, 0.5) is 0 Å². The summed E-state index contributed by atoms with van der Waals surface area (Å²) in [5.41, 5.74) is 1.13. The Bertz CT molecular complexity index is 148. The molecule has 1 aliphatic heterocycles. The van der Waals surface area contributed by atoms with Crippen molar-refractivity contribution in [1.82, 2.24) is 0 Å². The quantitative estimate of drug-likeness (QED) is 0.573. The van der Waals surface area contributed by atoms with Crippen molar-refractivity contribution >= 4 is 5.97 Å². The fraction of sp³-hybridized carbons (Fsp3) is 0.667. The summed E-state index contributed by atoms with van der Waals surface area (Å²) in [6, 6.07) is 0. The van der Waals surface area contributed by atoms with E-state index in [1.165, 1.54) is 0 Å². The number of ether oxygens (including phenoxy) is 1. The van der Waals surface area contributed by atoms with Crippen LogP contribution in [0, 0.1) is 0 Å². The molecule has 0 saturated carbocycles. The van der Waals surface area contributed by atoms with E-state index in [-0.39, 0.29) is 5.97 Å². The van der Waals surface area contributed by atoms with Gasteiger partial charge in [-0.05, 0) is 12.0 Å². The fourth-order valence-electron chi connectivity index (χ4n) is 0.879. The molecule has 0 radical (unpaired) electrons. The first-order valence-corrected chi connectivity index (χ1v) is 4.19. The molecule has 0 N–H and O–H groups in total. The summed E-state index contributed by atoms with van der Waals surface area (Å²) in [7, 11) is 0. The maximum Gasteiger partial charge on any atom is 0.331 e. The molecule has 1 heterocycles. The van der Waals surface area contributed by atoms with Crippen molar-refractivity contribution in [3.63, 3.8) is 0 Å². The van der Waals surface area contributed by atoms with E-state index in [2.05, 4.69) is 11.7 Å². The number of rotatable bonds is 2. The van der Waals surface area contributed by atoms with Crippen LogP contribution in [0.5, 0.6) is 0 Å². The second kappa shape index (κ2) is 5.96. The molecule has 2 nitrogen and oxygen atoms in total. The SMILES string of the molecule is CC.CCCC1=CC(=O)OC1. The largest absolute Gasteiger partial charge is 0.458 e. The maximum absolute atomic E-state index is 10.4. The van der Waals surface area contributed by atoms with E-state index in [1.54, 1.807) is 6.08 Å². The van der Waals surface area contributed by atoms with Crippen LogP contribution < -0.4 is 0 Å². The minimum atomic E-state index is -0.182. The van der Waals surface area contributed by atoms with Crippen molar-refractivity contribution in [3.8, 4) is 0 Å². The Labute approximate surface area is 68.2 Å². The summed E-state index contributed by atoms with van der Waals surface area (Å²) in [4.78, 5) is 10.4. The van der Waals surface area contributed by atoms with Crippen LogP contribution in [-0.2, 0) is 9.53 Å². The molecule has 0 amide bonds. The zero-order valence-electron chi connectivity index (χ0n) is 7.52. The van der Waals surface area contributed by atoms with E-state index in [9.17, 15) is 4.79 Å². The third kappa shape index (κ3) is 3.81. The standard InChI is InChI=1S/C7H10O2.C2H6/c1-2-3-6-4-7(8)9-5-6;1-2/h4H,2-3,5H2,1H3;1-2H3. The number of hydrogen-bond donors (Lipinski definition) is 0. The van der Waals surface area contributed by atoms with Gasteiger partial charge in [-0.25, -0.2) is 4.79 Å². The lowest BCUT2D eigenvalue weighted by molar-refractivity contribution is -0.134. The smallest absolute Gasteiger partial charge is 0.331 e. The lowest BCUT2D eigenvalue weighted by Crippen LogP contribution is -1.91. The van der Waals surface area contributed by atoms with Gasteiger partial charge in [0.15, 0.2) is 0 Å². The van der Waals surface area contributed by atoms with Crippen LogP contribution in [0.2, 0.25) is 0 Å². The zero-order chi connectivity index (χ0) is 8.69. The van der Waals surface area contributed by atoms with Crippen molar-refractivity contribution < 1.29 is 9.53 Å². The molecule has 1 aliphatic rings. The summed E-state index contributed by atoms with van der Waals surface area (Å²) in [5, 5.41) is 0. The third-order valence-electron chi connectivity index (χ3n) is 1.29. The molecule has 1 rings (SSSR count). The molecule has 2 heteroatoms. The van der Waals surface area contributed by atoms with Crippen molar-refractivity contribution in [2.75, 3.05) is 6.61 Å². The van der Waals surface area contributed by atoms with Gasteiger partial charge in [0.05, 0.1) is 0 Å². The molecular formula is C9H16O2. The van der Waals surface area contributed by atoms with E-state index in [1.807, 2.05) is 13.8 Å². The Morgan fingerprint density at radius 1 is 1.55 bits per heavy atom. The van der Waals surface area contributed by atoms with Gasteiger partial charge in [0.1, 0.15) is 6.61 Å². The first-order chi connectivity index (χ1) is 5.33. The Morgan fingerprint density at radius 2 is 2.18 bits per heavy atom. The summed E-state index contributed by atoms with van der Waals surface area (Å²) >= 11 is 0. The Morgan fingerprint density at radius 3 is 2.55 bits per heavy atom. The van der Waals surface area contributed by atoms with E-state index < -0.39 is 0 Å². The summed E-state index contributed by atoms with van der Waals surface area (Å²) in [5.74, 6) is -0.182. The van der Waals surface area contributed by atoms with Gasteiger partial charge >= 0.3 is 5.97 Å². The van der Waals surface area contributed by atoms with Crippen LogP contribution in [0.15, 0.2) is 11.6 Å². The normalized spacial score (nSPS) is 14.8. The Kier molecular flexibility index (Phi) is 5.53. The molecule has 0 spiro atoms. The zero-order valence-corrected chi connectivity index (χ0v) is 7.52. The number of cyclic esters (lactones) is 1. The van der Waals surface area contributed by atoms with Crippen LogP contribution in [0.1, 0.15) is 33.6 Å². The van der Waals surface area contributed by atoms with Gasteiger partial charge in [-0.3, -0.25) is 0 Å². The molecular weight excluding hydrogens is 140 g/mol. The monoisotopic (exact) mass is 156 g/mol. The van der Waals surface area contributed by atoms with Crippen LogP contribution in [0.25, 0.3) is 0 Å². The average Bonchev–Trinajstić information content (AvgIpc) is 2.41. The maximum atomic E-state index is 10.4. The molecule has 0 aliphatic carbocycles. The predicted octanol–water partition coefficient (Wildman–Crippen LogP) is 2.30. The first kappa shape index (κ1) is 10.2. The van der Waals surface area contributed by atoms with Gasteiger partial charge in [-0.2, -0.15) is 0 Å². The number of esters is 1. The molecule has 11 heavy (non-hydrogen) atoms. The molecule has 0 bridgehead atoms. The minimum Gasteiger partial charge on any atom is -0.458 e. The highest BCUT2D eigenvalue weighted by Crippen LogP contribution is 2.10. The van der Waals surface area contributed by atoms with Crippen molar-refractivity contribution in [1.29, 1.82) is 0 Å². The van der Waals surface area contributed by atoms with E-state index in [4.69, 9.17) is 0 Å². The second-order valence-corrected chi connectivity index (χ2v) is 2.16. The van der Waals surface area contributed by atoms with Crippen molar-refractivity contribution in [3.05, 3.63) is 11.6 Å². The number of carbonyl (C=O) groups is 1. The summed E-state index contributed by atoms with van der Waals surface area (Å²) in [6.45, 7) is 6.61. The van der Waals surface area contributed by atoms with Gasteiger partial charge in [0.2, 0.25) is 0 Å². The molecule has 0 atom stereocenters. The van der Waals surface area contributed by atoms with E-state index in [0.717, 1.165) is 18.4 Å². The molecule has 0 aromatic carbocycles. The van der Waals surface area contributed by atoms with Gasteiger partial charge in [0, 0.05) is 6.08 Å². The second-order valence-electron chi connectivity index (χ2n) is 2.16. The van der Waals surface area contributed by atoms with Gasteiger partial charge in [-0.1, -0.05) is 27.2 Å². The van der Waals surface area contributed by atoms with E-state index >= 15 is 0 Å². The van der Waals surface area contributed by atoms with Gasteiger partial charge < -0.3 is 4.74 Å². The Balaban J connectivity index is 0.000000461. The molecule has 0 saturated heterocycles. The molecule has 64 valence electrons. The van der Waals surface area contributed by atoms with Crippen molar-refractivity contribution in [2.45, 2.75) is 33.6 Å². The lowest BCUT2D eigenvalue weighted by atomic mass is 10.2. The Hall–Kier alpha value is -0.790.